The van der Waals surface area contributed by atoms with Gasteiger partial charge in [0.2, 0.25) is 0 Å². The third-order valence-electron chi connectivity index (χ3n) is 3.61. The first kappa shape index (κ1) is 21.0. The summed E-state index contributed by atoms with van der Waals surface area (Å²) in [6, 6.07) is 8.37. The summed E-state index contributed by atoms with van der Waals surface area (Å²) in [4.78, 5) is 27.5. The van der Waals surface area contributed by atoms with Gasteiger partial charge in [-0.25, -0.2) is 0 Å². The second kappa shape index (κ2) is 10.7. The fourth-order valence-corrected chi connectivity index (χ4v) is 2.51. The zero-order chi connectivity index (χ0) is 19.6. The van der Waals surface area contributed by atoms with Crippen molar-refractivity contribution in [2.75, 3.05) is 13.2 Å². The van der Waals surface area contributed by atoms with Crippen LogP contribution in [0.4, 0.5) is 0 Å². The van der Waals surface area contributed by atoms with Crippen LogP contribution in [0.1, 0.15) is 31.4 Å². The van der Waals surface area contributed by atoms with Gasteiger partial charge in [0.25, 0.3) is 5.91 Å². The van der Waals surface area contributed by atoms with Crippen molar-refractivity contribution in [1.82, 2.24) is 10.3 Å². The topological polar surface area (TPSA) is 77.5 Å². The van der Waals surface area contributed by atoms with Crippen molar-refractivity contribution in [2.24, 2.45) is 0 Å². The third kappa shape index (κ3) is 7.45. The van der Waals surface area contributed by atoms with Crippen molar-refractivity contribution < 1.29 is 19.1 Å². The molecule has 0 aliphatic heterocycles. The smallest absolute Gasteiger partial charge is 0.306 e. The van der Waals surface area contributed by atoms with E-state index in [1.807, 2.05) is 0 Å². The van der Waals surface area contributed by atoms with Crippen molar-refractivity contribution in [1.29, 1.82) is 0 Å². The average Bonchev–Trinajstić information content (AvgIpc) is 2.66. The lowest BCUT2D eigenvalue weighted by Gasteiger charge is -2.15. The van der Waals surface area contributed by atoms with Crippen LogP contribution in [0.15, 0.2) is 42.7 Å². The minimum Gasteiger partial charge on any atom is -0.492 e. The molecule has 0 aliphatic rings. The van der Waals surface area contributed by atoms with Gasteiger partial charge >= 0.3 is 5.97 Å². The summed E-state index contributed by atoms with van der Waals surface area (Å²) in [6.45, 7) is 1.82. The Hall–Kier alpha value is -2.31. The average molecular weight is 411 g/mol. The van der Waals surface area contributed by atoms with Gasteiger partial charge in [-0.2, -0.15) is 0 Å². The molecular weight excluding hydrogens is 391 g/mol. The fraction of sp³-hybridized carbons (Fsp3) is 0.316. The molecule has 0 fully saturated rings. The monoisotopic (exact) mass is 410 g/mol. The van der Waals surface area contributed by atoms with Crippen molar-refractivity contribution in [3.05, 3.63) is 58.3 Å². The van der Waals surface area contributed by atoms with Gasteiger partial charge in [0.1, 0.15) is 5.75 Å². The molecule has 1 unspecified atom stereocenters. The molecule has 144 valence electrons. The van der Waals surface area contributed by atoms with Crippen LogP contribution in [0.2, 0.25) is 10.0 Å². The zero-order valence-electron chi connectivity index (χ0n) is 14.8. The van der Waals surface area contributed by atoms with Crippen LogP contribution in [0.3, 0.4) is 0 Å². The van der Waals surface area contributed by atoms with Gasteiger partial charge in [0.15, 0.2) is 6.61 Å². The van der Waals surface area contributed by atoms with E-state index in [0.717, 1.165) is 5.56 Å². The first-order chi connectivity index (χ1) is 13.0. The van der Waals surface area contributed by atoms with E-state index < -0.39 is 11.9 Å². The first-order valence-corrected chi connectivity index (χ1v) is 9.14. The number of carbonyl (C=O) groups excluding carboxylic acids is 2. The summed E-state index contributed by atoms with van der Waals surface area (Å²) in [7, 11) is 0. The molecule has 1 amide bonds. The summed E-state index contributed by atoms with van der Waals surface area (Å²) in [5.41, 5.74) is 0.802. The van der Waals surface area contributed by atoms with Gasteiger partial charge < -0.3 is 14.8 Å². The molecule has 0 radical (unpaired) electrons. The quantitative estimate of drug-likeness (QED) is 0.499. The number of halogens is 2. The van der Waals surface area contributed by atoms with Gasteiger partial charge in [0.05, 0.1) is 28.9 Å². The Kier molecular flexibility index (Phi) is 8.36. The number of amides is 1. The number of rotatable bonds is 9. The molecule has 1 heterocycles. The maximum absolute atomic E-state index is 11.9. The molecule has 1 N–H and O–H groups in total. The number of hydrogen-bond acceptors (Lipinski definition) is 5. The molecule has 2 aromatic rings. The number of ether oxygens (including phenoxy) is 2. The van der Waals surface area contributed by atoms with E-state index in [1.54, 1.807) is 49.6 Å². The summed E-state index contributed by atoms with van der Waals surface area (Å²) in [6.07, 6.45) is 3.89. The Morgan fingerprint density at radius 1 is 1.22 bits per heavy atom. The highest BCUT2D eigenvalue weighted by Gasteiger charge is 2.13. The first-order valence-electron chi connectivity index (χ1n) is 8.38. The van der Waals surface area contributed by atoms with Gasteiger partial charge in [-0.3, -0.25) is 14.6 Å². The van der Waals surface area contributed by atoms with Crippen molar-refractivity contribution in [3.8, 4) is 5.75 Å². The standard InChI is InChI=1S/C19H20Cl2N2O4/c1-13(14-6-7-16(20)17(21)10-14)23-18(24)12-27-19(25)5-3-9-26-15-4-2-8-22-11-15/h2,4,6-8,10-11,13H,3,5,9,12H2,1H3,(H,23,24). The predicted molar refractivity (Wildman–Crippen MR) is 103 cm³/mol. The summed E-state index contributed by atoms with van der Waals surface area (Å²) < 4.78 is 10.4. The molecule has 0 aliphatic carbocycles. The Balaban J connectivity index is 1.64. The number of aromatic nitrogens is 1. The Bertz CT molecular complexity index is 772. The molecule has 6 nitrogen and oxygen atoms in total. The second-order valence-corrected chi connectivity index (χ2v) is 6.58. The molecule has 0 saturated carbocycles. The van der Waals surface area contributed by atoms with E-state index in [1.165, 1.54) is 0 Å². The number of benzene rings is 1. The predicted octanol–water partition coefficient (Wildman–Crippen LogP) is 3.97. The van der Waals surface area contributed by atoms with Crippen LogP contribution in [-0.4, -0.2) is 30.1 Å². The van der Waals surface area contributed by atoms with Crippen LogP contribution < -0.4 is 10.1 Å². The highest BCUT2D eigenvalue weighted by Crippen LogP contribution is 2.25. The number of hydrogen-bond donors (Lipinski definition) is 1. The molecule has 0 bridgehead atoms. The van der Waals surface area contributed by atoms with Gasteiger partial charge in [-0.1, -0.05) is 29.3 Å². The van der Waals surface area contributed by atoms with Crippen molar-refractivity contribution in [3.63, 3.8) is 0 Å². The Labute approximate surface area is 167 Å². The summed E-state index contributed by atoms with van der Waals surface area (Å²) in [5, 5.41) is 3.59. The van der Waals surface area contributed by atoms with E-state index in [0.29, 0.717) is 28.8 Å². The van der Waals surface area contributed by atoms with Crippen LogP contribution in [0, 0.1) is 0 Å². The molecule has 1 atom stereocenters. The highest BCUT2D eigenvalue weighted by molar-refractivity contribution is 6.42. The normalized spacial score (nSPS) is 11.5. The van der Waals surface area contributed by atoms with Gasteiger partial charge in [0, 0.05) is 12.6 Å². The molecule has 0 saturated heterocycles. The van der Waals surface area contributed by atoms with Crippen LogP contribution in [0.5, 0.6) is 5.75 Å². The van der Waals surface area contributed by atoms with Gasteiger partial charge in [-0.15, -0.1) is 0 Å². The van der Waals surface area contributed by atoms with Crippen LogP contribution in [-0.2, 0) is 14.3 Å². The highest BCUT2D eigenvalue weighted by atomic mass is 35.5. The molecule has 1 aromatic heterocycles. The van der Waals surface area contributed by atoms with Gasteiger partial charge in [-0.05, 0) is 43.2 Å². The number of pyridine rings is 1. The minimum atomic E-state index is -0.456. The fourth-order valence-electron chi connectivity index (χ4n) is 2.21. The zero-order valence-corrected chi connectivity index (χ0v) is 16.3. The number of esters is 1. The van der Waals surface area contributed by atoms with E-state index in [-0.39, 0.29) is 19.1 Å². The van der Waals surface area contributed by atoms with E-state index >= 15 is 0 Å². The maximum atomic E-state index is 11.9. The van der Waals surface area contributed by atoms with Crippen LogP contribution in [0.25, 0.3) is 0 Å². The SMILES string of the molecule is CC(NC(=O)COC(=O)CCCOc1cccnc1)c1ccc(Cl)c(Cl)c1. The van der Waals surface area contributed by atoms with Crippen molar-refractivity contribution in [2.45, 2.75) is 25.8 Å². The molecule has 27 heavy (non-hydrogen) atoms. The number of carbonyl (C=O) groups is 2. The third-order valence-corrected chi connectivity index (χ3v) is 4.35. The summed E-state index contributed by atoms with van der Waals surface area (Å²) in [5.74, 6) is -0.211. The number of nitrogens with zero attached hydrogens (tertiary/aromatic N) is 1. The van der Waals surface area contributed by atoms with Crippen molar-refractivity contribution >= 4 is 35.1 Å². The molecule has 1 aromatic carbocycles. The summed E-state index contributed by atoms with van der Waals surface area (Å²) >= 11 is 11.8. The maximum Gasteiger partial charge on any atom is 0.306 e. The Morgan fingerprint density at radius 2 is 2.04 bits per heavy atom. The van der Waals surface area contributed by atoms with Crippen LogP contribution >= 0.6 is 23.2 Å². The molecule has 0 spiro atoms. The lowest BCUT2D eigenvalue weighted by Crippen LogP contribution is -2.31. The van der Waals surface area contributed by atoms with E-state index in [4.69, 9.17) is 32.7 Å². The Morgan fingerprint density at radius 3 is 2.74 bits per heavy atom. The van der Waals surface area contributed by atoms with E-state index in [9.17, 15) is 9.59 Å². The van der Waals surface area contributed by atoms with E-state index in [2.05, 4.69) is 10.3 Å². The lowest BCUT2D eigenvalue weighted by atomic mass is 10.1. The second-order valence-electron chi connectivity index (χ2n) is 5.76. The minimum absolute atomic E-state index is 0.163. The molecule has 2 rings (SSSR count). The lowest BCUT2D eigenvalue weighted by molar-refractivity contribution is -0.148. The molecular formula is C19H20Cl2N2O4. The largest absolute Gasteiger partial charge is 0.492 e. The number of nitrogens with one attached hydrogen (secondary N) is 1. The molecule has 8 heteroatoms.